The van der Waals surface area contributed by atoms with Gasteiger partial charge in [-0.05, 0) is 48.9 Å². The van der Waals surface area contributed by atoms with Crippen molar-refractivity contribution >= 4 is 12.2 Å². The van der Waals surface area contributed by atoms with E-state index in [2.05, 4.69) is 74.5 Å². The average Bonchev–Trinajstić information content (AvgIpc) is 3.08. The second-order valence-electron chi connectivity index (χ2n) is 6.77. The minimum absolute atomic E-state index is 0.596. The molecule has 2 aromatic carbocycles. The molecule has 0 saturated carbocycles. The molecule has 0 aromatic heterocycles. The Labute approximate surface area is 133 Å². The van der Waals surface area contributed by atoms with Crippen LogP contribution in [0.2, 0.25) is 0 Å². The summed E-state index contributed by atoms with van der Waals surface area (Å²) in [5, 5.41) is 0. The number of aryl methyl sites for hydroxylation is 2. The maximum Gasteiger partial charge on any atom is 0.00275 e. The smallest absolute Gasteiger partial charge is 0.00275 e. The molecule has 2 aromatic rings. The molecule has 2 atom stereocenters. The molecule has 0 heteroatoms. The van der Waals surface area contributed by atoms with E-state index in [1.165, 1.54) is 46.2 Å². The molecule has 0 fully saturated rings. The molecule has 4 rings (SSSR count). The van der Waals surface area contributed by atoms with Crippen molar-refractivity contribution in [1.82, 2.24) is 0 Å². The summed E-state index contributed by atoms with van der Waals surface area (Å²) in [6, 6.07) is 13.7. The van der Waals surface area contributed by atoms with Crippen LogP contribution >= 0.6 is 0 Å². The molecular formula is C22H22. The Balaban J connectivity index is 1.48. The highest BCUT2D eigenvalue weighted by atomic mass is 14.3. The van der Waals surface area contributed by atoms with Crippen molar-refractivity contribution in [2.45, 2.75) is 38.5 Å². The average molecular weight is 286 g/mol. The molecule has 2 aliphatic carbocycles. The van der Waals surface area contributed by atoms with Gasteiger partial charge in [-0.15, -0.1) is 0 Å². The van der Waals surface area contributed by atoms with Gasteiger partial charge in [0.15, 0.2) is 0 Å². The lowest BCUT2D eigenvalue weighted by Gasteiger charge is -2.15. The highest BCUT2D eigenvalue weighted by Crippen LogP contribution is 2.39. The summed E-state index contributed by atoms with van der Waals surface area (Å²) >= 11 is 0. The molecule has 0 bridgehead atoms. The van der Waals surface area contributed by atoms with E-state index in [0.29, 0.717) is 11.8 Å². The van der Waals surface area contributed by atoms with Crippen LogP contribution in [0.15, 0.2) is 48.6 Å². The minimum atomic E-state index is 0.596. The van der Waals surface area contributed by atoms with Gasteiger partial charge in [0.2, 0.25) is 0 Å². The van der Waals surface area contributed by atoms with Crippen molar-refractivity contribution in [3.05, 3.63) is 81.9 Å². The van der Waals surface area contributed by atoms with E-state index in [-0.39, 0.29) is 0 Å². The number of hydrogen-bond acceptors (Lipinski definition) is 0. The number of hydrogen-bond donors (Lipinski definition) is 0. The lowest BCUT2D eigenvalue weighted by atomic mass is 9.89. The van der Waals surface area contributed by atoms with Crippen LogP contribution in [0.4, 0.5) is 0 Å². The summed E-state index contributed by atoms with van der Waals surface area (Å²) in [4.78, 5) is 0. The molecule has 2 aliphatic rings. The molecule has 0 aliphatic heterocycles. The highest BCUT2D eigenvalue weighted by molar-refractivity contribution is 5.64. The van der Waals surface area contributed by atoms with Gasteiger partial charge in [0.05, 0.1) is 0 Å². The molecule has 0 heterocycles. The van der Waals surface area contributed by atoms with Crippen LogP contribution in [0.5, 0.6) is 0 Å². The summed E-state index contributed by atoms with van der Waals surface area (Å²) < 4.78 is 0. The lowest BCUT2D eigenvalue weighted by molar-refractivity contribution is 0.642. The van der Waals surface area contributed by atoms with E-state index in [9.17, 15) is 0 Å². The minimum Gasteiger partial charge on any atom is -0.0764 e. The Kier molecular flexibility index (Phi) is 3.26. The highest BCUT2D eigenvalue weighted by Gasteiger charge is 2.21. The maximum absolute atomic E-state index is 2.39. The zero-order valence-electron chi connectivity index (χ0n) is 13.3. The molecule has 0 nitrogen and oxygen atoms in total. The van der Waals surface area contributed by atoms with Gasteiger partial charge in [-0.25, -0.2) is 0 Å². The third-order valence-electron chi connectivity index (χ3n) is 5.09. The van der Waals surface area contributed by atoms with E-state index in [4.69, 9.17) is 0 Å². The fourth-order valence-electron chi connectivity index (χ4n) is 3.86. The largest absolute Gasteiger partial charge is 0.0764 e. The van der Waals surface area contributed by atoms with Crippen molar-refractivity contribution in [2.75, 3.05) is 0 Å². The monoisotopic (exact) mass is 286 g/mol. The zero-order valence-corrected chi connectivity index (χ0v) is 13.3. The molecule has 110 valence electrons. The van der Waals surface area contributed by atoms with Gasteiger partial charge in [0, 0.05) is 11.8 Å². The maximum atomic E-state index is 2.39. The van der Waals surface area contributed by atoms with Gasteiger partial charge in [0.1, 0.15) is 0 Å². The van der Waals surface area contributed by atoms with Crippen molar-refractivity contribution < 1.29 is 0 Å². The number of benzene rings is 2. The summed E-state index contributed by atoms with van der Waals surface area (Å²) in [7, 11) is 0. The first-order valence-electron chi connectivity index (χ1n) is 8.28. The summed E-state index contributed by atoms with van der Waals surface area (Å²) in [5.74, 6) is 1.19. The predicted molar refractivity (Wildman–Crippen MR) is 95.1 cm³/mol. The first-order valence-corrected chi connectivity index (χ1v) is 8.28. The quantitative estimate of drug-likeness (QED) is 0.648. The fraction of sp³-hybridized carbons (Fsp3) is 0.273. The van der Waals surface area contributed by atoms with Crippen LogP contribution in [0.3, 0.4) is 0 Å². The Morgan fingerprint density at radius 2 is 1.14 bits per heavy atom. The standard InChI is InChI=1S/C22H22/c1-15-3-11-21-17(7-9-19(21)13-15)5-6-18-8-10-20-14-16(2)4-12-22(18)20/h3-4,7-14,17-18H,5-6H2,1-2H3. The Bertz CT molecular complexity index is 709. The number of allylic oxidation sites excluding steroid dienone is 2. The van der Waals surface area contributed by atoms with Crippen LogP contribution in [-0.2, 0) is 0 Å². The molecule has 0 amide bonds. The third kappa shape index (κ3) is 2.33. The van der Waals surface area contributed by atoms with Crippen LogP contribution in [-0.4, -0.2) is 0 Å². The molecule has 0 N–H and O–H groups in total. The molecule has 2 unspecified atom stereocenters. The van der Waals surface area contributed by atoms with Crippen LogP contribution in [0.1, 0.15) is 58.1 Å². The SMILES string of the molecule is Cc1ccc2c(c1)C=CC2CCC1C=Cc2cc(C)ccc21. The summed E-state index contributed by atoms with van der Waals surface area (Å²) in [6.07, 6.45) is 11.8. The van der Waals surface area contributed by atoms with E-state index in [0.717, 1.165) is 0 Å². The zero-order chi connectivity index (χ0) is 15.1. The van der Waals surface area contributed by atoms with Crippen LogP contribution in [0, 0.1) is 13.8 Å². The summed E-state index contributed by atoms with van der Waals surface area (Å²) in [6.45, 7) is 4.34. The van der Waals surface area contributed by atoms with Gasteiger partial charge < -0.3 is 0 Å². The first-order chi connectivity index (χ1) is 10.7. The Morgan fingerprint density at radius 1 is 0.682 bits per heavy atom. The van der Waals surface area contributed by atoms with E-state index in [1.807, 2.05) is 0 Å². The van der Waals surface area contributed by atoms with Gasteiger partial charge in [-0.2, -0.15) is 0 Å². The van der Waals surface area contributed by atoms with Gasteiger partial charge in [0.25, 0.3) is 0 Å². The molecule has 0 radical (unpaired) electrons. The molecular weight excluding hydrogens is 264 g/mol. The topological polar surface area (TPSA) is 0 Å². The fourth-order valence-corrected chi connectivity index (χ4v) is 3.86. The molecule has 0 saturated heterocycles. The van der Waals surface area contributed by atoms with Crippen molar-refractivity contribution in [1.29, 1.82) is 0 Å². The predicted octanol–water partition coefficient (Wildman–Crippen LogP) is 6.00. The normalized spacial score (nSPS) is 21.2. The Morgan fingerprint density at radius 3 is 1.59 bits per heavy atom. The van der Waals surface area contributed by atoms with Gasteiger partial charge in [-0.1, -0.05) is 71.8 Å². The molecule has 0 spiro atoms. The number of rotatable bonds is 3. The summed E-state index contributed by atoms with van der Waals surface area (Å²) in [5.41, 5.74) is 8.57. The van der Waals surface area contributed by atoms with Gasteiger partial charge in [-0.3, -0.25) is 0 Å². The van der Waals surface area contributed by atoms with E-state index < -0.39 is 0 Å². The third-order valence-corrected chi connectivity index (χ3v) is 5.09. The second-order valence-corrected chi connectivity index (χ2v) is 6.77. The van der Waals surface area contributed by atoms with Gasteiger partial charge >= 0.3 is 0 Å². The second kappa shape index (κ2) is 5.28. The van der Waals surface area contributed by atoms with E-state index >= 15 is 0 Å². The molecule has 22 heavy (non-hydrogen) atoms. The lowest BCUT2D eigenvalue weighted by Crippen LogP contribution is -1.99. The van der Waals surface area contributed by atoms with Crippen molar-refractivity contribution in [3.63, 3.8) is 0 Å². The van der Waals surface area contributed by atoms with E-state index in [1.54, 1.807) is 0 Å². The Hall–Kier alpha value is -2.08. The van der Waals surface area contributed by atoms with Crippen molar-refractivity contribution in [3.8, 4) is 0 Å². The van der Waals surface area contributed by atoms with Crippen LogP contribution < -0.4 is 0 Å². The van der Waals surface area contributed by atoms with Crippen molar-refractivity contribution in [2.24, 2.45) is 0 Å². The first kappa shape index (κ1) is 13.6. The van der Waals surface area contributed by atoms with Crippen LogP contribution in [0.25, 0.3) is 12.2 Å². The number of fused-ring (bicyclic) bond motifs is 2.